The van der Waals surface area contributed by atoms with Crippen LogP contribution >= 0.6 is 0 Å². The molecule has 3 rings (SSSR count). The van der Waals surface area contributed by atoms with E-state index in [4.69, 9.17) is 4.74 Å². The molecule has 0 radical (unpaired) electrons. The lowest BCUT2D eigenvalue weighted by Crippen LogP contribution is -2.45. The molecule has 3 aliphatic rings. The summed E-state index contributed by atoms with van der Waals surface area (Å²) in [5, 5.41) is 2.70. The lowest BCUT2D eigenvalue weighted by atomic mass is 9.85. The Morgan fingerprint density at radius 1 is 1.22 bits per heavy atom. The van der Waals surface area contributed by atoms with Crippen molar-refractivity contribution in [1.82, 2.24) is 10.2 Å². The van der Waals surface area contributed by atoms with E-state index in [-0.39, 0.29) is 42.2 Å². The van der Waals surface area contributed by atoms with Crippen molar-refractivity contribution >= 4 is 23.7 Å². The topological polar surface area (TPSA) is 92.8 Å². The van der Waals surface area contributed by atoms with Gasteiger partial charge in [0.2, 0.25) is 11.8 Å². The fourth-order valence-electron chi connectivity index (χ4n) is 3.07. The molecule has 2 fully saturated rings. The summed E-state index contributed by atoms with van der Waals surface area (Å²) < 4.78 is 4.94. The van der Waals surface area contributed by atoms with Gasteiger partial charge in [-0.15, -0.1) is 0 Å². The fourth-order valence-corrected chi connectivity index (χ4v) is 3.07. The molecule has 1 aliphatic heterocycles. The van der Waals surface area contributed by atoms with Crippen LogP contribution in [0.4, 0.5) is 0 Å². The quantitative estimate of drug-likeness (QED) is 0.442. The Hall–Kier alpha value is -2.18. The minimum Gasteiger partial charge on any atom is -0.454 e. The maximum Gasteiger partial charge on any atom is 0.329 e. The van der Waals surface area contributed by atoms with Crippen LogP contribution in [0.3, 0.4) is 0 Å². The van der Waals surface area contributed by atoms with Crippen LogP contribution in [0.1, 0.15) is 32.6 Å². The molecular weight excluding hydrogens is 300 g/mol. The normalized spacial score (nSPS) is 27.6. The maximum atomic E-state index is 12.4. The molecule has 0 unspecified atom stereocenters. The molecule has 0 aromatic carbocycles. The average Bonchev–Trinajstić information content (AvgIpc) is 3.32. The highest BCUT2D eigenvalue weighted by Gasteiger charge is 2.50. The number of likely N-dealkylation sites (tertiary alicyclic amines) is 1. The highest BCUT2D eigenvalue weighted by Crippen LogP contribution is 2.36. The van der Waals surface area contributed by atoms with E-state index in [1.165, 1.54) is 6.92 Å². The van der Waals surface area contributed by atoms with Gasteiger partial charge in [0.15, 0.2) is 6.61 Å². The van der Waals surface area contributed by atoms with Gasteiger partial charge in [-0.2, -0.15) is 0 Å². The van der Waals surface area contributed by atoms with E-state index in [0.717, 1.165) is 17.7 Å². The van der Waals surface area contributed by atoms with E-state index >= 15 is 0 Å². The number of carbonyl (C=O) groups is 4. The van der Waals surface area contributed by atoms with Gasteiger partial charge < -0.3 is 10.1 Å². The third-order valence-electron chi connectivity index (χ3n) is 4.56. The first-order valence-corrected chi connectivity index (χ1v) is 7.97. The molecule has 2 aliphatic carbocycles. The van der Waals surface area contributed by atoms with Crippen molar-refractivity contribution in [2.45, 2.75) is 44.7 Å². The zero-order chi connectivity index (χ0) is 16.6. The van der Waals surface area contributed by atoms with E-state index in [1.54, 1.807) is 0 Å². The second-order valence-corrected chi connectivity index (χ2v) is 6.33. The molecule has 3 atom stereocenters. The van der Waals surface area contributed by atoms with Crippen molar-refractivity contribution in [2.75, 3.05) is 6.61 Å². The molecule has 1 saturated carbocycles. The molecule has 7 heteroatoms. The number of amides is 3. The van der Waals surface area contributed by atoms with Crippen LogP contribution in [-0.2, 0) is 23.9 Å². The highest BCUT2D eigenvalue weighted by molar-refractivity contribution is 6.08. The van der Waals surface area contributed by atoms with Crippen LogP contribution in [0.5, 0.6) is 0 Å². The second kappa shape index (κ2) is 6.14. The largest absolute Gasteiger partial charge is 0.454 e. The maximum absolute atomic E-state index is 12.4. The molecule has 3 amide bonds. The summed E-state index contributed by atoms with van der Waals surface area (Å²) in [7, 11) is 0. The first-order valence-electron chi connectivity index (χ1n) is 7.97. The number of nitrogens with zero attached hydrogens (tertiary/aromatic N) is 1. The summed E-state index contributed by atoms with van der Waals surface area (Å²) in [4.78, 5) is 49.3. The lowest BCUT2D eigenvalue weighted by molar-refractivity contribution is -0.159. The Kier molecular flexibility index (Phi) is 4.19. The summed E-state index contributed by atoms with van der Waals surface area (Å²) in [5.74, 6) is -2.48. The predicted octanol–water partition coefficient (Wildman–Crippen LogP) is 0.148. The van der Waals surface area contributed by atoms with Gasteiger partial charge in [0.1, 0.15) is 6.04 Å². The standard InChI is InChI=1S/C16H20N2O5/c1-9(16(22)23-8-13(19)17-10-6-7-10)18-14(20)11-4-2-3-5-12(11)15(18)21/h2-3,9-12H,4-8H2,1H3,(H,17,19)/t9-,11-,12+/m0/s1. The minimum atomic E-state index is -1.01. The minimum absolute atomic E-state index is 0.191. The number of hydrogen-bond donors (Lipinski definition) is 1. The van der Waals surface area contributed by atoms with Gasteiger partial charge in [0, 0.05) is 6.04 Å². The Morgan fingerprint density at radius 2 is 1.78 bits per heavy atom. The number of esters is 1. The molecular formula is C16H20N2O5. The zero-order valence-corrected chi connectivity index (χ0v) is 13.0. The lowest BCUT2D eigenvalue weighted by Gasteiger charge is -2.21. The third-order valence-corrected chi connectivity index (χ3v) is 4.56. The van der Waals surface area contributed by atoms with Crippen molar-refractivity contribution in [1.29, 1.82) is 0 Å². The molecule has 23 heavy (non-hydrogen) atoms. The summed E-state index contributed by atoms with van der Waals surface area (Å²) in [6, 6.07) is -0.815. The van der Waals surface area contributed by atoms with Crippen LogP contribution in [0.25, 0.3) is 0 Å². The number of ether oxygens (including phenoxy) is 1. The molecule has 1 saturated heterocycles. The van der Waals surface area contributed by atoms with Crippen molar-refractivity contribution in [3.05, 3.63) is 12.2 Å². The first-order chi connectivity index (χ1) is 11.0. The van der Waals surface area contributed by atoms with Crippen molar-refractivity contribution < 1.29 is 23.9 Å². The van der Waals surface area contributed by atoms with Crippen LogP contribution in [0.15, 0.2) is 12.2 Å². The summed E-state index contributed by atoms with van der Waals surface area (Å²) in [6.07, 6.45) is 6.73. The Bertz CT molecular complexity index is 555. The van der Waals surface area contributed by atoms with Gasteiger partial charge in [0.05, 0.1) is 11.8 Å². The summed E-state index contributed by atoms with van der Waals surface area (Å²) in [5.41, 5.74) is 0. The van der Waals surface area contributed by atoms with Gasteiger partial charge in [-0.3, -0.25) is 19.3 Å². The Morgan fingerprint density at radius 3 is 2.30 bits per heavy atom. The van der Waals surface area contributed by atoms with E-state index in [0.29, 0.717) is 12.8 Å². The number of carbonyl (C=O) groups excluding carboxylic acids is 4. The van der Waals surface area contributed by atoms with Crippen LogP contribution in [0.2, 0.25) is 0 Å². The Balaban J connectivity index is 1.57. The number of allylic oxidation sites excluding steroid dienone is 2. The summed E-state index contributed by atoms with van der Waals surface area (Å²) >= 11 is 0. The van der Waals surface area contributed by atoms with Crippen molar-refractivity contribution in [3.8, 4) is 0 Å². The number of rotatable bonds is 5. The van der Waals surface area contributed by atoms with E-state index in [1.807, 2.05) is 12.2 Å². The van der Waals surface area contributed by atoms with Crippen LogP contribution in [0, 0.1) is 11.8 Å². The molecule has 0 bridgehead atoms. The zero-order valence-electron chi connectivity index (χ0n) is 13.0. The molecule has 0 aromatic rings. The van der Waals surface area contributed by atoms with Crippen molar-refractivity contribution in [3.63, 3.8) is 0 Å². The monoisotopic (exact) mass is 320 g/mol. The first kappa shape index (κ1) is 15.7. The van der Waals surface area contributed by atoms with Crippen molar-refractivity contribution in [2.24, 2.45) is 11.8 Å². The smallest absolute Gasteiger partial charge is 0.329 e. The van der Waals surface area contributed by atoms with Gasteiger partial charge in [-0.25, -0.2) is 4.79 Å². The molecule has 0 aromatic heterocycles. The Labute approximate surface area is 134 Å². The van der Waals surface area contributed by atoms with Gasteiger partial charge >= 0.3 is 5.97 Å². The average molecular weight is 320 g/mol. The summed E-state index contributed by atoms with van der Waals surface area (Å²) in [6.45, 7) is 1.08. The number of imide groups is 1. The number of hydrogen-bond acceptors (Lipinski definition) is 5. The number of fused-ring (bicyclic) bond motifs is 1. The van der Waals surface area contributed by atoms with Crippen LogP contribution in [-0.4, -0.2) is 47.3 Å². The molecule has 124 valence electrons. The second-order valence-electron chi connectivity index (χ2n) is 6.33. The molecule has 0 spiro atoms. The van der Waals surface area contributed by atoms with Gasteiger partial charge in [-0.1, -0.05) is 12.2 Å². The van der Waals surface area contributed by atoms with Gasteiger partial charge in [-0.05, 0) is 32.6 Å². The predicted molar refractivity (Wildman–Crippen MR) is 78.8 cm³/mol. The molecule has 1 N–H and O–H groups in total. The van der Waals surface area contributed by atoms with E-state index < -0.39 is 12.0 Å². The molecule has 1 heterocycles. The SMILES string of the molecule is C[C@@H](C(=O)OCC(=O)NC1CC1)N1C(=O)[C@H]2CC=CC[C@H]2C1=O. The molecule has 7 nitrogen and oxygen atoms in total. The van der Waals surface area contributed by atoms with Gasteiger partial charge in [0.25, 0.3) is 5.91 Å². The van der Waals surface area contributed by atoms with E-state index in [9.17, 15) is 19.2 Å². The third kappa shape index (κ3) is 3.13. The number of nitrogens with one attached hydrogen (secondary N) is 1. The van der Waals surface area contributed by atoms with E-state index in [2.05, 4.69) is 5.32 Å². The fraction of sp³-hybridized carbons (Fsp3) is 0.625. The van der Waals surface area contributed by atoms with Crippen LogP contribution < -0.4 is 5.32 Å². The highest BCUT2D eigenvalue weighted by atomic mass is 16.5.